The standard InChI is InChI=1S/C42H27NO2/c1-3-10-27(11-4-1)31-16-9-17-32(22-31)41(33-19-18-28-12-7-8-15-30(28)23-33)34-20-21-35-36-25-40-37(26-39(36)44-38(35)24-34)43-42(45-40)29-13-5-2-6-14-29/h1-26,41H. The Kier molecular flexibility index (Phi) is 5.88. The highest BCUT2D eigenvalue weighted by Gasteiger charge is 2.21. The van der Waals surface area contributed by atoms with Gasteiger partial charge in [-0.15, -0.1) is 0 Å². The van der Waals surface area contributed by atoms with Gasteiger partial charge in [0.1, 0.15) is 16.7 Å². The summed E-state index contributed by atoms with van der Waals surface area (Å²) in [7, 11) is 0. The minimum absolute atomic E-state index is 0.0160. The molecule has 9 rings (SSSR count). The predicted octanol–water partition coefficient (Wildman–Crippen LogP) is 11.4. The van der Waals surface area contributed by atoms with Crippen LogP contribution in [0.4, 0.5) is 0 Å². The van der Waals surface area contributed by atoms with E-state index < -0.39 is 0 Å². The maximum Gasteiger partial charge on any atom is 0.227 e. The number of fused-ring (bicyclic) bond motifs is 5. The van der Waals surface area contributed by atoms with E-state index in [-0.39, 0.29) is 5.92 Å². The van der Waals surface area contributed by atoms with Crippen molar-refractivity contribution < 1.29 is 8.83 Å². The molecule has 0 bridgehead atoms. The van der Waals surface area contributed by atoms with Crippen LogP contribution < -0.4 is 0 Å². The molecular formula is C42H27NO2. The normalized spacial score (nSPS) is 12.4. The van der Waals surface area contributed by atoms with Gasteiger partial charge >= 0.3 is 0 Å². The van der Waals surface area contributed by atoms with Gasteiger partial charge in [0.05, 0.1) is 0 Å². The van der Waals surface area contributed by atoms with E-state index in [1.54, 1.807) is 0 Å². The van der Waals surface area contributed by atoms with Gasteiger partial charge in [0.15, 0.2) is 5.58 Å². The van der Waals surface area contributed by atoms with Crippen molar-refractivity contribution in [1.82, 2.24) is 4.98 Å². The number of benzene rings is 7. The number of rotatable bonds is 5. The van der Waals surface area contributed by atoms with Crippen molar-refractivity contribution in [2.24, 2.45) is 0 Å². The number of hydrogen-bond acceptors (Lipinski definition) is 3. The van der Waals surface area contributed by atoms with Gasteiger partial charge in [0, 0.05) is 28.3 Å². The average molecular weight is 578 g/mol. The summed E-state index contributed by atoms with van der Waals surface area (Å²) in [6, 6.07) is 55.5. The van der Waals surface area contributed by atoms with E-state index in [0.29, 0.717) is 5.89 Å². The fourth-order valence-electron chi connectivity index (χ4n) is 6.59. The van der Waals surface area contributed by atoms with Crippen LogP contribution in [0.3, 0.4) is 0 Å². The van der Waals surface area contributed by atoms with Crippen LogP contribution in [-0.4, -0.2) is 4.98 Å². The third-order valence-electron chi connectivity index (χ3n) is 8.79. The Bertz CT molecular complexity index is 2490. The van der Waals surface area contributed by atoms with Crippen LogP contribution in [0.15, 0.2) is 167 Å². The SMILES string of the molecule is c1ccc(-c2cccc(C(c3ccc4ccccc4c3)c3ccc4c(c3)oc3cc5nc(-c6ccccc6)oc5cc34)c2)cc1. The fraction of sp³-hybridized carbons (Fsp3) is 0.0238. The molecule has 0 radical (unpaired) electrons. The molecule has 0 aliphatic heterocycles. The largest absolute Gasteiger partial charge is 0.456 e. The van der Waals surface area contributed by atoms with Crippen LogP contribution in [0, 0.1) is 0 Å². The van der Waals surface area contributed by atoms with E-state index in [1.807, 2.05) is 36.4 Å². The first kappa shape index (κ1) is 25.6. The maximum atomic E-state index is 6.52. The minimum atomic E-state index is 0.0160. The average Bonchev–Trinajstić information content (AvgIpc) is 3.68. The van der Waals surface area contributed by atoms with E-state index in [2.05, 4.69) is 121 Å². The predicted molar refractivity (Wildman–Crippen MR) is 183 cm³/mol. The molecule has 0 fully saturated rings. The van der Waals surface area contributed by atoms with Gasteiger partial charge in [0.25, 0.3) is 0 Å². The smallest absolute Gasteiger partial charge is 0.227 e. The Morgan fingerprint density at radius 3 is 1.91 bits per heavy atom. The zero-order valence-electron chi connectivity index (χ0n) is 24.4. The number of hydrogen-bond donors (Lipinski definition) is 0. The molecule has 0 N–H and O–H groups in total. The minimum Gasteiger partial charge on any atom is -0.456 e. The van der Waals surface area contributed by atoms with Crippen LogP contribution in [0.1, 0.15) is 22.6 Å². The molecule has 0 saturated carbocycles. The van der Waals surface area contributed by atoms with E-state index >= 15 is 0 Å². The molecule has 212 valence electrons. The highest BCUT2D eigenvalue weighted by Crippen LogP contribution is 2.39. The second-order valence-corrected chi connectivity index (χ2v) is 11.6. The van der Waals surface area contributed by atoms with Gasteiger partial charge in [-0.05, 0) is 62.9 Å². The first-order valence-electron chi connectivity index (χ1n) is 15.2. The van der Waals surface area contributed by atoms with Crippen LogP contribution >= 0.6 is 0 Å². The number of nitrogens with zero attached hydrogens (tertiary/aromatic N) is 1. The highest BCUT2D eigenvalue weighted by molar-refractivity contribution is 6.09. The molecular weight excluding hydrogens is 550 g/mol. The lowest BCUT2D eigenvalue weighted by atomic mass is 9.83. The Morgan fingerprint density at radius 1 is 0.400 bits per heavy atom. The van der Waals surface area contributed by atoms with E-state index in [0.717, 1.165) is 38.6 Å². The third-order valence-corrected chi connectivity index (χ3v) is 8.79. The van der Waals surface area contributed by atoms with Gasteiger partial charge < -0.3 is 8.83 Å². The zero-order chi connectivity index (χ0) is 29.7. The molecule has 3 nitrogen and oxygen atoms in total. The molecule has 0 amide bonds. The first-order chi connectivity index (χ1) is 22.3. The molecule has 45 heavy (non-hydrogen) atoms. The third kappa shape index (κ3) is 4.49. The summed E-state index contributed by atoms with van der Waals surface area (Å²) in [5, 5.41) is 4.55. The summed E-state index contributed by atoms with van der Waals surface area (Å²) < 4.78 is 12.7. The summed E-state index contributed by atoms with van der Waals surface area (Å²) >= 11 is 0. The molecule has 1 atom stereocenters. The molecule has 0 spiro atoms. The summed E-state index contributed by atoms with van der Waals surface area (Å²) in [5.41, 5.74) is 10.2. The van der Waals surface area contributed by atoms with Gasteiger partial charge in [-0.2, -0.15) is 0 Å². The number of furan rings is 1. The molecule has 0 aliphatic rings. The second kappa shape index (κ2) is 10.4. The van der Waals surface area contributed by atoms with Gasteiger partial charge in [0.2, 0.25) is 5.89 Å². The lowest BCUT2D eigenvalue weighted by Gasteiger charge is -2.20. The van der Waals surface area contributed by atoms with Crippen LogP contribution in [0.5, 0.6) is 0 Å². The molecule has 0 saturated heterocycles. The van der Waals surface area contributed by atoms with Crippen molar-refractivity contribution in [3.63, 3.8) is 0 Å². The van der Waals surface area contributed by atoms with Crippen molar-refractivity contribution in [2.45, 2.75) is 5.92 Å². The van der Waals surface area contributed by atoms with Crippen molar-refractivity contribution >= 4 is 43.8 Å². The summed E-state index contributed by atoms with van der Waals surface area (Å²) in [6.45, 7) is 0. The Hall–Kier alpha value is -5.93. The highest BCUT2D eigenvalue weighted by atomic mass is 16.4. The number of oxazole rings is 1. The van der Waals surface area contributed by atoms with Crippen molar-refractivity contribution in [3.8, 4) is 22.6 Å². The van der Waals surface area contributed by atoms with E-state index in [4.69, 9.17) is 13.8 Å². The molecule has 2 aromatic heterocycles. The van der Waals surface area contributed by atoms with E-state index in [1.165, 1.54) is 38.6 Å². The Morgan fingerprint density at radius 2 is 1.07 bits per heavy atom. The number of aromatic nitrogens is 1. The zero-order valence-corrected chi connectivity index (χ0v) is 24.4. The topological polar surface area (TPSA) is 39.2 Å². The Balaban J connectivity index is 1.19. The van der Waals surface area contributed by atoms with Gasteiger partial charge in [-0.3, -0.25) is 0 Å². The monoisotopic (exact) mass is 577 g/mol. The van der Waals surface area contributed by atoms with Crippen LogP contribution in [-0.2, 0) is 0 Å². The molecule has 9 aromatic rings. The summed E-state index contributed by atoms with van der Waals surface area (Å²) in [5.74, 6) is 0.628. The van der Waals surface area contributed by atoms with Gasteiger partial charge in [-0.1, -0.05) is 127 Å². The van der Waals surface area contributed by atoms with E-state index in [9.17, 15) is 0 Å². The summed E-state index contributed by atoms with van der Waals surface area (Å²) in [6.07, 6.45) is 0. The Labute approximate surface area is 260 Å². The molecule has 7 aromatic carbocycles. The molecule has 2 heterocycles. The van der Waals surface area contributed by atoms with Crippen molar-refractivity contribution in [3.05, 3.63) is 174 Å². The lowest BCUT2D eigenvalue weighted by Crippen LogP contribution is -2.04. The van der Waals surface area contributed by atoms with Crippen LogP contribution in [0.2, 0.25) is 0 Å². The molecule has 3 heteroatoms. The summed E-state index contributed by atoms with van der Waals surface area (Å²) in [4.78, 5) is 4.76. The van der Waals surface area contributed by atoms with Gasteiger partial charge in [-0.25, -0.2) is 4.98 Å². The first-order valence-corrected chi connectivity index (χ1v) is 15.2. The molecule has 0 aliphatic carbocycles. The van der Waals surface area contributed by atoms with Crippen molar-refractivity contribution in [2.75, 3.05) is 0 Å². The quantitative estimate of drug-likeness (QED) is 0.191. The lowest BCUT2D eigenvalue weighted by molar-refractivity contribution is 0.620. The van der Waals surface area contributed by atoms with Crippen LogP contribution in [0.25, 0.3) is 66.4 Å². The maximum absolute atomic E-state index is 6.52. The molecule has 1 unspecified atom stereocenters. The fourth-order valence-corrected chi connectivity index (χ4v) is 6.59. The second-order valence-electron chi connectivity index (χ2n) is 11.6. The van der Waals surface area contributed by atoms with Crippen molar-refractivity contribution in [1.29, 1.82) is 0 Å².